The van der Waals surface area contributed by atoms with Gasteiger partial charge in [0, 0.05) is 44.0 Å². The normalized spacial score (nSPS) is 16.1. The number of anilines is 4. The number of carboxylic acids is 1. The molecule has 0 radical (unpaired) electrons. The SMILES string of the molecule is Cc1nc(Nc2nc(N3CCC(N(C)C)CC3)c3c(n2)N(Cc2ccc(S(C)(=O)=O)cc2)CC3)sc1C(=O)O. The van der Waals surface area contributed by atoms with Crippen LogP contribution in [-0.4, -0.2) is 85.4 Å². The lowest BCUT2D eigenvalue weighted by molar-refractivity contribution is 0.0701. The molecular weight excluding hydrogens is 538 g/mol. The summed E-state index contributed by atoms with van der Waals surface area (Å²) in [7, 11) is 0.977. The quantitative estimate of drug-likeness (QED) is 0.413. The second-order valence-corrected chi connectivity index (χ2v) is 13.3. The van der Waals surface area contributed by atoms with Crippen molar-refractivity contribution in [3.8, 4) is 0 Å². The van der Waals surface area contributed by atoms with Gasteiger partial charge in [-0.05, 0) is 58.0 Å². The second kappa shape index (κ2) is 10.7. The number of aryl methyl sites for hydroxylation is 1. The molecule has 2 aromatic heterocycles. The molecule has 1 aromatic carbocycles. The third-order valence-electron chi connectivity index (χ3n) is 7.32. The minimum absolute atomic E-state index is 0.184. The topological polar surface area (TPSA) is 132 Å². The van der Waals surface area contributed by atoms with Gasteiger partial charge >= 0.3 is 5.97 Å². The largest absolute Gasteiger partial charge is 0.477 e. The third kappa shape index (κ3) is 5.85. The zero-order valence-electron chi connectivity index (χ0n) is 22.5. The number of rotatable bonds is 8. The van der Waals surface area contributed by atoms with Crippen LogP contribution in [0.5, 0.6) is 0 Å². The molecule has 0 amide bonds. The number of carbonyl (C=O) groups is 1. The summed E-state index contributed by atoms with van der Waals surface area (Å²) < 4.78 is 23.7. The van der Waals surface area contributed by atoms with Crippen molar-refractivity contribution in [2.75, 3.05) is 55.1 Å². The molecule has 0 saturated carbocycles. The first kappa shape index (κ1) is 27.3. The summed E-state index contributed by atoms with van der Waals surface area (Å²) in [5.41, 5.74) is 2.53. The van der Waals surface area contributed by atoms with E-state index in [4.69, 9.17) is 9.97 Å². The number of fused-ring (bicyclic) bond motifs is 1. The molecule has 39 heavy (non-hydrogen) atoms. The number of sulfone groups is 1. The second-order valence-electron chi connectivity index (χ2n) is 10.3. The summed E-state index contributed by atoms with van der Waals surface area (Å²) in [6, 6.07) is 7.49. The van der Waals surface area contributed by atoms with Gasteiger partial charge in [-0.15, -0.1) is 0 Å². The smallest absolute Gasteiger partial charge is 0.347 e. The molecule has 0 spiro atoms. The number of benzene rings is 1. The van der Waals surface area contributed by atoms with E-state index in [-0.39, 0.29) is 4.88 Å². The molecule has 4 heterocycles. The van der Waals surface area contributed by atoms with E-state index in [0.717, 1.165) is 73.0 Å². The number of thiazole rings is 1. The number of nitrogens with one attached hydrogen (secondary N) is 1. The first-order valence-corrected chi connectivity index (χ1v) is 15.5. The molecule has 0 atom stereocenters. The first-order chi connectivity index (χ1) is 18.5. The van der Waals surface area contributed by atoms with Crippen molar-refractivity contribution in [2.24, 2.45) is 0 Å². The third-order valence-corrected chi connectivity index (χ3v) is 9.51. The summed E-state index contributed by atoms with van der Waals surface area (Å²) in [6.45, 7) is 4.79. The first-order valence-electron chi connectivity index (χ1n) is 12.8. The lowest BCUT2D eigenvalue weighted by atomic mass is 10.0. The number of piperidine rings is 1. The number of hydrogen-bond acceptors (Lipinski definition) is 11. The highest BCUT2D eigenvalue weighted by Gasteiger charge is 2.31. The average Bonchev–Trinajstić information content (AvgIpc) is 3.46. The number of carboxylic acid groups (broad SMARTS) is 1. The summed E-state index contributed by atoms with van der Waals surface area (Å²) in [6.07, 6.45) is 4.09. The van der Waals surface area contributed by atoms with Gasteiger partial charge in [-0.25, -0.2) is 18.2 Å². The summed E-state index contributed by atoms with van der Waals surface area (Å²) in [5, 5.41) is 13.0. The van der Waals surface area contributed by atoms with Crippen LogP contribution in [0.2, 0.25) is 0 Å². The van der Waals surface area contributed by atoms with E-state index in [0.29, 0.717) is 34.3 Å². The fraction of sp³-hybridized carbons (Fsp3) is 0.462. The van der Waals surface area contributed by atoms with E-state index >= 15 is 0 Å². The van der Waals surface area contributed by atoms with Crippen LogP contribution in [0.4, 0.5) is 22.7 Å². The maximum absolute atomic E-state index is 11.9. The summed E-state index contributed by atoms with van der Waals surface area (Å²) in [4.78, 5) is 32.9. The Hall–Kier alpha value is -3.29. The number of nitrogens with zero attached hydrogens (tertiary/aromatic N) is 6. The lowest BCUT2D eigenvalue weighted by Gasteiger charge is -2.36. The highest BCUT2D eigenvalue weighted by Crippen LogP contribution is 2.37. The van der Waals surface area contributed by atoms with E-state index in [9.17, 15) is 18.3 Å². The van der Waals surface area contributed by atoms with E-state index in [1.165, 1.54) is 6.26 Å². The van der Waals surface area contributed by atoms with Crippen LogP contribution in [0.1, 0.15) is 39.3 Å². The van der Waals surface area contributed by atoms with Gasteiger partial charge in [0.05, 0.1) is 10.6 Å². The van der Waals surface area contributed by atoms with Crippen molar-refractivity contribution in [2.45, 2.75) is 43.7 Å². The van der Waals surface area contributed by atoms with Crippen molar-refractivity contribution >= 4 is 49.9 Å². The molecule has 13 heteroatoms. The van der Waals surface area contributed by atoms with Gasteiger partial charge in [0.1, 0.15) is 16.5 Å². The molecule has 0 unspecified atom stereocenters. The molecule has 1 fully saturated rings. The van der Waals surface area contributed by atoms with Gasteiger partial charge in [-0.2, -0.15) is 9.97 Å². The van der Waals surface area contributed by atoms with Gasteiger partial charge in [-0.3, -0.25) is 5.32 Å². The van der Waals surface area contributed by atoms with E-state index in [2.05, 4.69) is 39.1 Å². The van der Waals surface area contributed by atoms with Crippen LogP contribution >= 0.6 is 11.3 Å². The van der Waals surface area contributed by atoms with E-state index < -0.39 is 15.8 Å². The van der Waals surface area contributed by atoms with Crippen LogP contribution in [-0.2, 0) is 22.8 Å². The number of aromatic carboxylic acids is 1. The molecule has 2 aliphatic rings. The average molecular weight is 572 g/mol. The lowest BCUT2D eigenvalue weighted by Crippen LogP contribution is -2.42. The Balaban J connectivity index is 1.46. The molecule has 3 aromatic rings. The number of aromatic nitrogens is 3. The molecule has 208 valence electrons. The van der Waals surface area contributed by atoms with E-state index in [1.807, 2.05) is 12.1 Å². The molecule has 11 nitrogen and oxygen atoms in total. The van der Waals surface area contributed by atoms with Gasteiger partial charge in [0.2, 0.25) is 5.95 Å². The van der Waals surface area contributed by atoms with Crippen molar-refractivity contribution in [1.29, 1.82) is 0 Å². The maximum atomic E-state index is 11.9. The van der Waals surface area contributed by atoms with Gasteiger partial charge in [0.15, 0.2) is 15.0 Å². The molecule has 0 bridgehead atoms. The molecule has 5 rings (SSSR count). The molecular formula is C26H33N7O4S2. The highest BCUT2D eigenvalue weighted by molar-refractivity contribution is 7.90. The Kier molecular flexibility index (Phi) is 7.49. The zero-order valence-corrected chi connectivity index (χ0v) is 24.1. The predicted molar refractivity (Wildman–Crippen MR) is 152 cm³/mol. The molecule has 0 aliphatic carbocycles. The van der Waals surface area contributed by atoms with Crippen LogP contribution in [0.25, 0.3) is 0 Å². The Bertz CT molecular complexity index is 1480. The van der Waals surface area contributed by atoms with E-state index in [1.54, 1.807) is 19.1 Å². The Morgan fingerprint density at radius 1 is 1.10 bits per heavy atom. The molecule has 2 aliphatic heterocycles. The Morgan fingerprint density at radius 2 is 1.77 bits per heavy atom. The fourth-order valence-corrected chi connectivity index (χ4v) is 6.60. The monoisotopic (exact) mass is 571 g/mol. The number of hydrogen-bond donors (Lipinski definition) is 2. The zero-order chi connectivity index (χ0) is 27.9. The van der Waals surface area contributed by atoms with Crippen LogP contribution in [0.3, 0.4) is 0 Å². The van der Waals surface area contributed by atoms with Crippen molar-refractivity contribution in [1.82, 2.24) is 19.9 Å². The van der Waals surface area contributed by atoms with Crippen LogP contribution in [0.15, 0.2) is 29.2 Å². The van der Waals surface area contributed by atoms with Crippen LogP contribution in [0, 0.1) is 6.92 Å². The maximum Gasteiger partial charge on any atom is 0.347 e. The minimum atomic E-state index is -3.26. The Morgan fingerprint density at radius 3 is 2.36 bits per heavy atom. The van der Waals surface area contributed by atoms with Gasteiger partial charge in [0.25, 0.3) is 0 Å². The predicted octanol–water partition coefficient (Wildman–Crippen LogP) is 3.18. The fourth-order valence-electron chi connectivity index (χ4n) is 5.17. The standard InChI is InChI=1S/C26H33N7O4S2/c1-16-21(24(34)35)38-26(27-16)30-25-28-22(32-12-9-18(10-13-32)31(2)3)20-11-14-33(23(20)29-25)15-17-5-7-19(8-6-17)39(4,36)37/h5-8,18H,9-15H2,1-4H3,(H,34,35)(H,27,28,29,30). The van der Waals surface area contributed by atoms with Crippen molar-refractivity contribution in [3.05, 3.63) is 46.0 Å². The molecule has 2 N–H and O–H groups in total. The van der Waals surface area contributed by atoms with Crippen molar-refractivity contribution < 1.29 is 18.3 Å². The summed E-state index contributed by atoms with van der Waals surface area (Å²) >= 11 is 1.06. The van der Waals surface area contributed by atoms with Crippen LogP contribution < -0.4 is 15.1 Å². The minimum Gasteiger partial charge on any atom is -0.477 e. The van der Waals surface area contributed by atoms with Gasteiger partial charge in [-0.1, -0.05) is 23.5 Å². The Labute approximate surface area is 232 Å². The van der Waals surface area contributed by atoms with Gasteiger partial charge < -0.3 is 19.8 Å². The highest BCUT2D eigenvalue weighted by atomic mass is 32.2. The molecule has 1 saturated heterocycles. The summed E-state index contributed by atoms with van der Waals surface area (Å²) in [5.74, 6) is 1.10. The van der Waals surface area contributed by atoms with Crippen molar-refractivity contribution in [3.63, 3.8) is 0 Å².